The molecule has 0 aliphatic carbocycles. The molecule has 0 amide bonds. The van der Waals surface area contributed by atoms with Gasteiger partial charge in [-0.1, -0.05) is 18.5 Å². The zero-order chi connectivity index (χ0) is 15.6. The van der Waals surface area contributed by atoms with Crippen LogP contribution in [0.1, 0.15) is 32.3 Å². The summed E-state index contributed by atoms with van der Waals surface area (Å²) in [6.45, 7) is 5.74. The van der Waals surface area contributed by atoms with Gasteiger partial charge >= 0.3 is 6.18 Å². The average Bonchev–Trinajstić information content (AvgIpc) is 2.37. The van der Waals surface area contributed by atoms with Crippen LogP contribution in [0.25, 0.3) is 0 Å². The molecule has 2 rings (SSSR count). The van der Waals surface area contributed by atoms with E-state index in [0.717, 1.165) is 32.0 Å². The Kier molecular flexibility index (Phi) is 5.04. The number of nitrogens with zero attached hydrogens (tertiary/aromatic N) is 1. The highest BCUT2D eigenvalue weighted by atomic mass is 35.5. The fraction of sp³-hybridized carbons (Fsp3) is 0.600. The molecule has 0 bridgehead atoms. The van der Waals surface area contributed by atoms with Gasteiger partial charge in [-0.2, -0.15) is 13.2 Å². The molecule has 2 atom stereocenters. The lowest BCUT2D eigenvalue weighted by molar-refractivity contribution is -0.137. The van der Waals surface area contributed by atoms with Gasteiger partial charge in [0.2, 0.25) is 0 Å². The van der Waals surface area contributed by atoms with Gasteiger partial charge in [0.1, 0.15) is 0 Å². The number of hydrogen-bond donors (Lipinski definition) is 1. The van der Waals surface area contributed by atoms with E-state index in [1.807, 2.05) is 11.8 Å². The van der Waals surface area contributed by atoms with Crippen molar-refractivity contribution in [2.24, 2.45) is 0 Å². The maximum absolute atomic E-state index is 12.9. The Bertz CT molecular complexity index is 490. The molecule has 1 fully saturated rings. The van der Waals surface area contributed by atoms with Crippen molar-refractivity contribution >= 4 is 17.3 Å². The standard InChI is InChI=1S/C15H20ClF3N2/c1-3-20-13-4-5-21(10(2)6-13)14-8-11(15(17,18)19)7-12(16)9-14/h7-10,13,20H,3-6H2,1-2H3. The molecule has 1 heterocycles. The van der Waals surface area contributed by atoms with E-state index in [1.54, 1.807) is 6.07 Å². The third-order valence-corrected chi connectivity index (χ3v) is 4.13. The van der Waals surface area contributed by atoms with Gasteiger partial charge < -0.3 is 10.2 Å². The van der Waals surface area contributed by atoms with E-state index < -0.39 is 11.7 Å². The highest BCUT2D eigenvalue weighted by Gasteiger charge is 2.32. The minimum absolute atomic E-state index is 0.126. The van der Waals surface area contributed by atoms with E-state index in [-0.39, 0.29) is 11.1 Å². The second kappa shape index (κ2) is 6.44. The Morgan fingerprint density at radius 2 is 2.05 bits per heavy atom. The number of hydrogen-bond acceptors (Lipinski definition) is 2. The fourth-order valence-corrected chi connectivity index (χ4v) is 3.16. The molecule has 0 saturated carbocycles. The van der Waals surface area contributed by atoms with Crippen molar-refractivity contribution in [3.8, 4) is 0 Å². The van der Waals surface area contributed by atoms with Crippen LogP contribution in [0.4, 0.5) is 18.9 Å². The van der Waals surface area contributed by atoms with Crippen LogP contribution < -0.4 is 10.2 Å². The van der Waals surface area contributed by atoms with Crippen molar-refractivity contribution in [3.63, 3.8) is 0 Å². The molecular formula is C15H20ClF3N2. The summed E-state index contributed by atoms with van der Waals surface area (Å²) in [7, 11) is 0. The highest BCUT2D eigenvalue weighted by molar-refractivity contribution is 6.31. The predicted molar refractivity (Wildman–Crippen MR) is 80.0 cm³/mol. The van der Waals surface area contributed by atoms with Crippen molar-refractivity contribution in [1.82, 2.24) is 5.32 Å². The van der Waals surface area contributed by atoms with Crippen LogP contribution >= 0.6 is 11.6 Å². The van der Waals surface area contributed by atoms with Crippen LogP contribution in [-0.4, -0.2) is 25.2 Å². The van der Waals surface area contributed by atoms with Crippen molar-refractivity contribution in [1.29, 1.82) is 0 Å². The van der Waals surface area contributed by atoms with Crippen molar-refractivity contribution in [3.05, 3.63) is 28.8 Å². The molecule has 0 aromatic heterocycles. The normalized spacial score (nSPS) is 23.4. The Balaban J connectivity index is 2.21. The minimum Gasteiger partial charge on any atom is -0.369 e. The Morgan fingerprint density at radius 1 is 1.33 bits per heavy atom. The maximum atomic E-state index is 12.9. The number of alkyl halides is 3. The summed E-state index contributed by atoms with van der Waals surface area (Å²) in [6.07, 6.45) is -2.53. The summed E-state index contributed by atoms with van der Waals surface area (Å²) in [6, 6.07) is 4.39. The molecule has 2 unspecified atom stereocenters. The molecule has 1 aromatic carbocycles. The van der Waals surface area contributed by atoms with Gasteiger partial charge in [-0.05, 0) is 44.5 Å². The lowest BCUT2D eigenvalue weighted by Crippen LogP contribution is -2.47. The lowest BCUT2D eigenvalue weighted by atomic mass is 9.97. The molecule has 0 radical (unpaired) electrons. The quantitative estimate of drug-likeness (QED) is 0.892. The van der Waals surface area contributed by atoms with E-state index in [9.17, 15) is 13.2 Å². The highest BCUT2D eigenvalue weighted by Crippen LogP contribution is 2.35. The van der Waals surface area contributed by atoms with Gasteiger partial charge in [-0.25, -0.2) is 0 Å². The zero-order valence-corrected chi connectivity index (χ0v) is 12.9. The topological polar surface area (TPSA) is 15.3 Å². The Hall–Kier alpha value is -0.940. The summed E-state index contributed by atoms with van der Waals surface area (Å²) in [5.41, 5.74) is -0.136. The average molecular weight is 321 g/mol. The molecular weight excluding hydrogens is 301 g/mol. The van der Waals surface area contributed by atoms with Crippen LogP contribution in [0.5, 0.6) is 0 Å². The summed E-state index contributed by atoms with van der Waals surface area (Å²) in [5.74, 6) is 0. The first kappa shape index (κ1) is 16.4. The zero-order valence-electron chi connectivity index (χ0n) is 12.2. The van der Waals surface area contributed by atoms with Gasteiger partial charge in [0, 0.05) is 29.3 Å². The van der Waals surface area contributed by atoms with Crippen molar-refractivity contribution in [2.45, 2.75) is 44.9 Å². The smallest absolute Gasteiger partial charge is 0.369 e. The second-order valence-corrected chi connectivity index (χ2v) is 5.95. The molecule has 21 heavy (non-hydrogen) atoms. The number of piperidine rings is 1. The molecule has 1 aliphatic rings. The molecule has 118 valence electrons. The van der Waals surface area contributed by atoms with E-state index in [1.165, 1.54) is 6.07 Å². The Morgan fingerprint density at radius 3 is 2.62 bits per heavy atom. The lowest BCUT2D eigenvalue weighted by Gasteiger charge is -2.40. The van der Waals surface area contributed by atoms with Crippen LogP contribution in [0.2, 0.25) is 5.02 Å². The van der Waals surface area contributed by atoms with Gasteiger partial charge in [-0.15, -0.1) is 0 Å². The molecule has 1 N–H and O–H groups in total. The molecule has 0 spiro atoms. The third-order valence-electron chi connectivity index (χ3n) is 3.91. The summed E-state index contributed by atoms with van der Waals surface area (Å²) >= 11 is 5.86. The van der Waals surface area contributed by atoms with Crippen LogP contribution in [0, 0.1) is 0 Å². The van der Waals surface area contributed by atoms with E-state index in [4.69, 9.17) is 11.6 Å². The van der Waals surface area contributed by atoms with Gasteiger partial charge in [0.15, 0.2) is 0 Å². The summed E-state index contributed by atoms with van der Waals surface area (Å²) < 4.78 is 38.7. The van der Waals surface area contributed by atoms with E-state index in [0.29, 0.717) is 11.7 Å². The number of benzene rings is 1. The van der Waals surface area contributed by atoms with Crippen LogP contribution in [-0.2, 0) is 6.18 Å². The number of rotatable bonds is 3. The van der Waals surface area contributed by atoms with Gasteiger partial charge in [0.05, 0.1) is 5.56 Å². The van der Waals surface area contributed by atoms with E-state index >= 15 is 0 Å². The van der Waals surface area contributed by atoms with Crippen LogP contribution in [0.15, 0.2) is 18.2 Å². The molecule has 1 aliphatic heterocycles. The van der Waals surface area contributed by atoms with Crippen molar-refractivity contribution in [2.75, 3.05) is 18.0 Å². The van der Waals surface area contributed by atoms with E-state index in [2.05, 4.69) is 12.2 Å². The first-order chi connectivity index (χ1) is 9.81. The molecule has 1 saturated heterocycles. The van der Waals surface area contributed by atoms with Gasteiger partial charge in [-0.3, -0.25) is 0 Å². The first-order valence-corrected chi connectivity index (χ1v) is 7.57. The first-order valence-electron chi connectivity index (χ1n) is 7.19. The molecule has 6 heteroatoms. The summed E-state index contributed by atoms with van der Waals surface area (Å²) in [5, 5.41) is 3.53. The maximum Gasteiger partial charge on any atom is 0.416 e. The van der Waals surface area contributed by atoms with Crippen molar-refractivity contribution < 1.29 is 13.2 Å². The largest absolute Gasteiger partial charge is 0.416 e. The van der Waals surface area contributed by atoms with Gasteiger partial charge in [0.25, 0.3) is 0 Å². The summed E-state index contributed by atoms with van der Waals surface area (Å²) in [4.78, 5) is 2.01. The Labute approximate surface area is 128 Å². The number of halogens is 4. The predicted octanol–water partition coefficient (Wildman–Crippen LogP) is 4.33. The number of anilines is 1. The number of nitrogens with one attached hydrogen (secondary N) is 1. The second-order valence-electron chi connectivity index (χ2n) is 5.52. The van der Waals surface area contributed by atoms with Crippen LogP contribution in [0.3, 0.4) is 0 Å². The SMILES string of the molecule is CCNC1CCN(c2cc(Cl)cc(C(F)(F)F)c2)C(C)C1. The molecule has 1 aromatic rings. The minimum atomic E-state index is -4.37. The third kappa shape index (κ3) is 4.04. The fourth-order valence-electron chi connectivity index (χ4n) is 2.93. The molecule has 2 nitrogen and oxygen atoms in total. The monoisotopic (exact) mass is 320 g/mol.